The average molecular weight is 284 g/mol. The lowest BCUT2D eigenvalue weighted by atomic mass is 9.82. The van der Waals surface area contributed by atoms with Crippen molar-refractivity contribution in [3.8, 4) is 0 Å². The van der Waals surface area contributed by atoms with Crippen LogP contribution in [0, 0.1) is 5.92 Å². The zero-order valence-electron chi connectivity index (χ0n) is 12.6. The molecule has 1 saturated carbocycles. The summed E-state index contributed by atoms with van der Waals surface area (Å²) in [6, 6.07) is -0.293. The molecule has 3 atom stereocenters. The smallest absolute Gasteiger partial charge is 0.238 e. The van der Waals surface area contributed by atoms with E-state index >= 15 is 0 Å². The standard InChI is InChI=1S/C14H28N4O2/c1-3-18-14(13(16)20)9-5-7-10(14)6-4-8-11(17-2)12(15)19/h10-11,17-18H,3-9H2,1-2H3,(H2,15,19)(H2,16,20). The molecule has 0 radical (unpaired) electrons. The van der Waals surface area contributed by atoms with Crippen LogP contribution in [-0.4, -0.2) is 37.0 Å². The second kappa shape index (κ2) is 7.59. The van der Waals surface area contributed by atoms with Gasteiger partial charge in [0.15, 0.2) is 0 Å². The van der Waals surface area contributed by atoms with Crippen molar-refractivity contribution in [3.63, 3.8) is 0 Å². The van der Waals surface area contributed by atoms with Gasteiger partial charge in [0, 0.05) is 0 Å². The fraction of sp³-hybridized carbons (Fsp3) is 0.857. The quantitative estimate of drug-likeness (QED) is 0.472. The van der Waals surface area contributed by atoms with E-state index in [1.807, 2.05) is 6.92 Å². The number of hydrogen-bond acceptors (Lipinski definition) is 4. The van der Waals surface area contributed by atoms with Gasteiger partial charge in [-0.3, -0.25) is 9.59 Å². The highest BCUT2D eigenvalue weighted by molar-refractivity contribution is 5.85. The van der Waals surface area contributed by atoms with Gasteiger partial charge < -0.3 is 22.1 Å². The molecule has 1 fully saturated rings. The van der Waals surface area contributed by atoms with Gasteiger partial charge in [0.25, 0.3) is 0 Å². The van der Waals surface area contributed by atoms with Gasteiger partial charge in [0.05, 0.1) is 6.04 Å². The first-order chi connectivity index (χ1) is 9.47. The van der Waals surface area contributed by atoms with Crippen molar-refractivity contribution in [2.24, 2.45) is 17.4 Å². The third-order valence-corrected chi connectivity index (χ3v) is 4.49. The normalized spacial score (nSPS) is 27.4. The molecule has 0 aromatic rings. The molecular weight excluding hydrogens is 256 g/mol. The summed E-state index contributed by atoms with van der Waals surface area (Å²) in [7, 11) is 1.73. The van der Waals surface area contributed by atoms with Crippen LogP contribution in [-0.2, 0) is 9.59 Å². The van der Waals surface area contributed by atoms with Gasteiger partial charge in [-0.1, -0.05) is 19.8 Å². The van der Waals surface area contributed by atoms with E-state index in [0.29, 0.717) is 6.42 Å². The van der Waals surface area contributed by atoms with Gasteiger partial charge in [-0.2, -0.15) is 0 Å². The lowest BCUT2D eigenvalue weighted by Crippen LogP contribution is -2.57. The fourth-order valence-electron chi connectivity index (χ4n) is 3.43. The van der Waals surface area contributed by atoms with Crippen molar-refractivity contribution in [1.82, 2.24) is 10.6 Å². The third-order valence-electron chi connectivity index (χ3n) is 4.49. The molecule has 0 aromatic carbocycles. The predicted molar refractivity (Wildman–Crippen MR) is 78.8 cm³/mol. The molecule has 0 aromatic heterocycles. The summed E-state index contributed by atoms with van der Waals surface area (Å²) in [4.78, 5) is 23.0. The Bertz CT molecular complexity index is 348. The third kappa shape index (κ3) is 3.70. The maximum atomic E-state index is 11.9. The molecule has 0 spiro atoms. The Hall–Kier alpha value is -1.14. The first-order valence-corrected chi connectivity index (χ1v) is 7.49. The molecule has 0 aliphatic heterocycles. The second-order valence-electron chi connectivity index (χ2n) is 5.63. The average Bonchev–Trinajstić information content (AvgIpc) is 2.79. The molecule has 6 heteroatoms. The Morgan fingerprint density at radius 3 is 2.60 bits per heavy atom. The lowest BCUT2D eigenvalue weighted by Gasteiger charge is -2.33. The van der Waals surface area contributed by atoms with Crippen LogP contribution in [0.25, 0.3) is 0 Å². The Morgan fingerprint density at radius 1 is 1.40 bits per heavy atom. The first kappa shape index (κ1) is 16.9. The number of rotatable bonds is 9. The summed E-state index contributed by atoms with van der Waals surface area (Å²) in [5, 5.41) is 6.21. The van der Waals surface area contributed by atoms with Crippen LogP contribution in [0.5, 0.6) is 0 Å². The number of nitrogens with two attached hydrogens (primary N) is 2. The van der Waals surface area contributed by atoms with E-state index < -0.39 is 5.54 Å². The largest absolute Gasteiger partial charge is 0.368 e. The molecular formula is C14H28N4O2. The minimum absolute atomic E-state index is 0.248. The summed E-state index contributed by atoms with van der Waals surface area (Å²) in [6.45, 7) is 2.73. The van der Waals surface area contributed by atoms with E-state index in [9.17, 15) is 9.59 Å². The SMILES string of the molecule is CCNC1(C(N)=O)CCCC1CCCC(NC)C(N)=O. The van der Waals surface area contributed by atoms with E-state index in [2.05, 4.69) is 10.6 Å². The lowest BCUT2D eigenvalue weighted by molar-refractivity contribution is -0.126. The molecule has 6 nitrogen and oxygen atoms in total. The van der Waals surface area contributed by atoms with Gasteiger partial charge >= 0.3 is 0 Å². The van der Waals surface area contributed by atoms with Crippen molar-refractivity contribution in [2.75, 3.05) is 13.6 Å². The highest BCUT2D eigenvalue weighted by Crippen LogP contribution is 2.38. The molecule has 0 heterocycles. The fourth-order valence-corrected chi connectivity index (χ4v) is 3.43. The predicted octanol–water partition coefficient (Wildman–Crippen LogP) is -0.136. The minimum Gasteiger partial charge on any atom is -0.368 e. The van der Waals surface area contributed by atoms with E-state index in [4.69, 9.17) is 11.5 Å². The topological polar surface area (TPSA) is 110 Å². The molecule has 0 bridgehead atoms. The number of nitrogens with one attached hydrogen (secondary N) is 2. The number of amides is 2. The highest BCUT2D eigenvalue weighted by atomic mass is 16.2. The Morgan fingerprint density at radius 2 is 2.10 bits per heavy atom. The van der Waals surface area contributed by atoms with Gasteiger partial charge in [-0.25, -0.2) is 0 Å². The first-order valence-electron chi connectivity index (χ1n) is 7.49. The molecule has 1 rings (SSSR count). The Labute approximate surface area is 121 Å². The number of likely N-dealkylation sites (N-methyl/N-ethyl adjacent to an activating group) is 2. The van der Waals surface area contributed by atoms with Crippen molar-refractivity contribution >= 4 is 11.8 Å². The van der Waals surface area contributed by atoms with E-state index in [0.717, 1.165) is 38.6 Å². The number of carbonyl (C=O) groups is 2. The second-order valence-corrected chi connectivity index (χ2v) is 5.63. The van der Waals surface area contributed by atoms with Crippen LogP contribution in [0.1, 0.15) is 45.4 Å². The van der Waals surface area contributed by atoms with E-state index in [1.54, 1.807) is 7.05 Å². The number of primary amides is 2. The molecule has 116 valence electrons. The molecule has 1 aliphatic carbocycles. The Kier molecular flexibility index (Phi) is 6.42. The van der Waals surface area contributed by atoms with Crippen molar-refractivity contribution in [3.05, 3.63) is 0 Å². The van der Waals surface area contributed by atoms with E-state index in [-0.39, 0.29) is 23.8 Å². The van der Waals surface area contributed by atoms with Crippen molar-refractivity contribution in [2.45, 2.75) is 57.0 Å². The molecule has 3 unspecified atom stereocenters. The van der Waals surface area contributed by atoms with Crippen LogP contribution in [0.3, 0.4) is 0 Å². The van der Waals surface area contributed by atoms with Crippen LogP contribution < -0.4 is 22.1 Å². The number of hydrogen-bond donors (Lipinski definition) is 4. The van der Waals surface area contributed by atoms with Crippen LogP contribution >= 0.6 is 0 Å². The maximum Gasteiger partial charge on any atom is 0.238 e. The van der Waals surface area contributed by atoms with Crippen LogP contribution in [0.4, 0.5) is 0 Å². The van der Waals surface area contributed by atoms with E-state index in [1.165, 1.54) is 0 Å². The Balaban J connectivity index is 2.57. The minimum atomic E-state index is -0.559. The van der Waals surface area contributed by atoms with Gasteiger partial charge in [-0.15, -0.1) is 0 Å². The van der Waals surface area contributed by atoms with Crippen molar-refractivity contribution in [1.29, 1.82) is 0 Å². The molecule has 1 aliphatic rings. The molecule has 2 amide bonds. The highest BCUT2D eigenvalue weighted by Gasteiger charge is 2.46. The van der Waals surface area contributed by atoms with Gasteiger partial charge in [-0.05, 0) is 45.2 Å². The van der Waals surface area contributed by atoms with Gasteiger partial charge in [0.2, 0.25) is 11.8 Å². The summed E-state index contributed by atoms with van der Waals surface area (Å²) in [5.74, 6) is -0.320. The van der Waals surface area contributed by atoms with Crippen molar-refractivity contribution < 1.29 is 9.59 Å². The van der Waals surface area contributed by atoms with Gasteiger partial charge in [0.1, 0.15) is 5.54 Å². The number of carbonyl (C=O) groups excluding carboxylic acids is 2. The molecule has 20 heavy (non-hydrogen) atoms. The van der Waals surface area contributed by atoms with Crippen LogP contribution in [0.2, 0.25) is 0 Å². The monoisotopic (exact) mass is 284 g/mol. The molecule has 6 N–H and O–H groups in total. The molecule has 0 saturated heterocycles. The summed E-state index contributed by atoms with van der Waals surface area (Å²) in [5.41, 5.74) is 10.4. The summed E-state index contributed by atoms with van der Waals surface area (Å²) >= 11 is 0. The van der Waals surface area contributed by atoms with Crippen LogP contribution in [0.15, 0.2) is 0 Å². The zero-order valence-corrected chi connectivity index (χ0v) is 12.6. The zero-order chi connectivity index (χ0) is 15.2. The maximum absolute atomic E-state index is 11.9. The summed E-state index contributed by atoms with van der Waals surface area (Å²) in [6.07, 6.45) is 5.29. The summed E-state index contributed by atoms with van der Waals surface area (Å²) < 4.78 is 0.